The van der Waals surface area contributed by atoms with Crippen LogP contribution in [0.3, 0.4) is 0 Å². The van der Waals surface area contributed by atoms with Gasteiger partial charge in [-0.25, -0.2) is 9.67 Å². The molecule has 0 aliphatic heterocycles. The fourth-order valence-corrected chi connectivity index (χ4v) is 2.81. The molecule has 5 nitrogen and oxygen atoms in total. The molecule has 0 unspecified atom stereocenters. The van der Waals surface area contributed by atoms with Crippen LogP contribution in [0.1, 0.15) is 27.4 Å². The minimum absolute atomic E-state index is 0.208. The Balaban J connectivity index is 1.73. The largest absolute Gasteiger partial charge is 0.350 e. The Morgan fingerprint density at radius 3 is 2.60 bits per heavy atom. The number of hydrogen-bond acceptors (Lipinski definition) is 3. The topological polar surface area (TPSA) is 59.8 Å². The van der Waals surface area contributed by atoms with Crippen molar-refractivity contribution in [2.45, 2.75) is 20.3 Å². The van der Waals surface area contributed by atoms with Gasteiger partial charge in [-0.15, -0.1) is 0 Å². The second-order valence-electron chi connectivity index (χ2n) is 5.83. The Morgan fingerprint density at radius 2 is 1.92 bits per heavy atom. The van der Waals surface area contributed by atoms with Gasteiger partial charge >= 0.3 is 0 Å². The summed E-state index contributed by atoms with van der Waals surface area (Å²) in [6, 6.07) is 15.4. The van der Waals surface area contributed by atoms with E-state index in [9.17, 15) is 4.79 Å². The van der Waals surface area contributed by atoms with E-state index in [1.54, 1.807) is 16.8 Å². The molecule has 0 saturated carbocycles. The molecule has 0 saturated heterocycles. The van der Waals surface area contributed by atoms with Gasteiger partial charge in [0.2, 0.25) is 0 Å². The fraction of sp³-hybridized carbons (Fsp3) is 0.211. The van der Waals surface area contributed by atoms with Gasteiger partial charge in [0.1, 0.15) is 5.69 Å². The molecule has 2 aromatic heterocycles. The zero-order chi connectivity index (χ0) is 17.8. The molecule has 25 heavy (non-hydrogen) atoms. The number of carbonyl (C=O) groups is 1. The second-order valence-corrected chi connectivity index (χ2v) is 6.24. The third-order valence-corrected chi connectivity index (χ3v) is 4.12. The number of aromatic nitrogens is 3. The highest BCUT2D eigenvalue weighted by Crippen LogP contribution is 2.17. The number of rotatable bonds is 5. The highest BCUT2D eigenvalue weighted by Gasteiger charge is 2.15. The van der Waals surface area contributed by atoms with Gasteiger partial charge in [0.05, 0.1) is 10.7 Å². The molecule has 0 atom stereocenters. The molecule has 6 heteroatoms. The third-order valence-electron chi connectivity index (χ3n) is 3.82. The van der Waals surface area contributed by atoms with Gasteiger partial charge in [0.25, 0.3) is 5.91 Å². The van der Waals surface area contributed by atoms with Crippen molar-refractivity contribution >= 4 is 17.5 Å². The van der Waals surface area contributed by atoms with E-state index in [1.165, 1.54) is 5.56 Å². The van der Waals surface area contributed by atoms with Crippen molar-refractivity contribution in [3.8, 4) is 5.82 Å². The molecule has 1 amide bonds. The molecule has 3 aromatic rings. The standard InChI is InChI=1S/C19H19ClN4O/c1-13-12-14(2)24(23-13)17-9-8-16(20)18(22-17)19(25)21-11-10-15-6-4-3-5-7-15/h3-9,12H,10-11H2,1-2H3,(H,21,25). The molecule has 0 aliphatic rings. The maximum absolute atomic E-state index is 12.4. The molecule has 1 aromatic carbocycles. The summed E-state index contributed by atoms with van der Waals surface area (Å²) in [6.07, 6.45) is 0.751. The third kappa shape index (κ3) is 4.06. The van der Waals surface area contributed by atoms with Crippen molar-refractivity contribution in [1.82, 2.24) is 20.1 Å². The van der Waals surface area contributed by atoms with Gasteiger partial charge in [-0.2, -0.15) is 5.10 Å². The molecule has 3 rings (SSSR count). The number of nitrogens with one attached hydrogen (secondary N) is 1. The Labute approximate surface area is 151 Å². The maximum Gasteiger partial charge on any atom is 0.271 e. The van der Waals surface area contributed by atoms with E-state index in [0.29, 0.717) is 17.4 Å². The lowest BCUT2D eigenvalue weighted by Gasteiger charge is -2.09. The SMILES string of the molecule is Cc1cc(C)n(-c2ccc(Cl)c(C(=O)NCCc3ccccc3)n2)n1. The highest BCUT2D eigenvalue weighted by atomic mass is 35.5. The molecule has 0 bridgehead atoms. The van der Waals surface area contributed by atoms with Gasteiger partial charge in [-0.3, -0.25) is 4.79 Å². The van der Waals surface area contributed by atoms with E-state index in [-0.39, 0.29) is 11.6 Å². The molecule has 0 aliphatic carbocycles. The van der Waals surface area contributed by atoms with E-state index in [1.807, 2.05) is 50.2 Å². The summed E-state index contributed by atoms with van der Waals surface area (Å²) in [5, 5.41) is 7.58. The summed E-state index contributed by atoms with van der Waals surface area (Å²) < 4.78 is 1.70. The van der Waals surface area contributed by atoms with Gasteiger partial charge in [0, 0.05) is 12.2 Å². The van der Waals surface area contributed by atoms with Crippen molar-refractivity contribution in [2.75, 3.05) is 6.54 Å². The predicted molar refractivity (Wildman–Crippen MR) is 98.3 cm³/mol. The van der Waals surface area contributed by atoms with Crippen molar-refractivity contribution < 1.29 is 4.79 Å². The highest BCUT2D eigenvalue weighted by molar-refractivity contribution is 6.33. The van der Waals surface area contributed by atoms with E-state index < -0.39 is 0 Å². The van der Waals surface area contributed by atoms with Crippen molar-refractivity contribution in [3.63, 3.8) is 0 Å². The predicted octanol–water partition coefficient (Wildman–Crippen LogP) is 3.51. The van der Waals surface area contributed by atoms with Crippen LogP contribution in [0.2, 0.25) is 5.02 Å². The second kappa shape index (κ2) is 7.49. The molecule has 0 spiro atoms. The van der Waals surface area contributed by atoms with Crippen LogP contribution < -0.4 is 5.32 Å². The Bertz CT molecular complexity index is 890. The van der Waals surface area contributed by atoms with Crippen LogP contribution in [0.25, 0.3) is 5.82 Å². The lowest BCUT2D eigenvalue weighted by atomic mass is 10.1. The number of carbonyl (C=O) groups excluding carboxylic acids is 1. The van der Waals surface area contributed by atoms with Crippen LogP contribution in [0.15, 0.2) is 48.5 Å². The number of nitrogens with zero attached hydrogens (tertiary/aromatic N) is 3. The van der Waals surface area contributed by atoms with E-state index in [4.69, 9.17) is 11.6 Å². The number of hydrogen-bond donors (Lipinski definition) is 1. The summed E-state index contributed by atoms with van der Waals surface area (Å²) in [6.45, 7) is 4.37. The van der Waals surface area contributed by atoms with Crippen LogP contribution in [-0.4, -0.2) is 27.2 Å². The number of benzene rings is 1. The van der Waals surface area contributed by atoms with Crippen LogP contribution in [0.4, 0.5) is 0 Å². The van der Waals surface area contributed by atoms with Gasteiger partial charge in [0.15, 0.2) is 5.82 Å². The minimum Gasteiger partial charge on any atom is -0.350 e. The number of amides is 1. The van der Waals surface area contributed by atoms with E-state index in [0.717, 1.165) is 17.8 Å². The van der Waals surface area contributed by atoms with Crippen LogP contribution >= 0.6 is 11.6 Å². The zero-order valence-corrected chi connectivity index (χ0v) is 14.9. The van der Waals surface area contributed by atoms with Crippen molar-refractivity contribution in [3.05, 3.63) is 76.2 Å². The number of aryl methyl sites for hydroxylation is 2. The number of pyridine rings is 1. The summed E-state index contributed by atoms with van der Waals surface area (Å²) in [4.78, 5) is 16.8. The van der Waals surface area contributed by atoms with Crippen molar-refractivity contribution in [2.24, 2.45) is 0 Å². The minimum atomic E-state index is -0.288. The first-order chi connectivity index (χ1) is 12.0. The smallest absolute Gasteiger partial charge is 0.271 e. The molecule has 2 heterocycles. The lowest BCUT2D eigenvalue weighted by Crippen LogP contribution is -2.27. The van der Waals surface area contributed by atoms with Crippen LogP contribution in [0, 0.1) is 13.8 Å². The summed E-state index contributed by atoms with van der Waals surface area (Å²) in [5.41, 5.74) is 3.21. The molecule has 0 fully saturated rings. The molecule has 1 N–H and O–H groups in total. The maximum atomic E-state index is 12.4. The lowest BCUT2D eigenvalue weighted by molar-refractivity contribution is 0.0949. The number of halogens is 1. The summed E-state index contributed by atoms with van der Waals surface area (Å²) in [5.74, 6) is 0.285. The first kappa shape index (κ1) is 17.2. The summed E-state index contributed by atoms with van der Waals surface area (Å²) >= 11 is 6.17. The summed E-state index contributed by atoms with van der Waals surface area (Å²) in [7, 11) is 0. The van der Waals surface area contributed by atoms with E-state index in [2.05, 4.69) is 15.4 Å². The molecule has 0 radical (unpaired) electrons. The fourth-order valence-electron chi connectivity index (χ4n) is 2.62. The molecular formula is C19H19ClN4O. The zero-order valence-electron chi connectivity index (χ0n) is 14.2. The van der Waals surface area contributed by atoms with E-state index >= 15 is 0 Å². The Hall–Kier alpha value is -2.66. The van der Waals surface area contributed by atoms with Crippen LogP contribution in [-0.2, 0) is 6.42 Å². The van der Waals surface area contributed by atoms with Gasteiger partial charge in [-0.1, -0.05) is 41.9 Å². The first-order valence-corrected chi connectivity index (χ1v) is 8.44. The average Bonchev–Trinajstić information content (AvgIpc) is 2.94. The van der Waals surface area contributed by atoms with Gasteiger partial charge in [-0.05, 0) is 44.0 Å². The quantitative estimate of drug-likeness (QED) is 0.762. The van der Waals surface area contributed by atoms with Gasteiger partial charge < -0.3 is 5.32 Å². The first-order valence-electron chi connectivity index (χ1n) is 8.07. The monoisotopic (exact) mass is 354 g/mol. The Kier molecular flexibility index (Phi) is 5.14. The average molecular weight is 355 g/mol. The molecular weight excluding hydrogens is 336 g/mol. The Morgan fingerprint density at radius 1 is 1.16 bits per heavy atom. The normalized spacial score (nSPS) is 10.7. The molecule has 128 valence electrons. The van der Waals surface area contributed by atoms with Crippen LogP contribution in [0.5, 0.6) is 0 Å². The van der Waals surface area contributed by atoms with Crippen molar-refractivity contribution in [1.29, 1.82) is 0 Å².